The standard InChI is InChI=1S/C42H54N2O6/c1-41(2)22-35-23-42(3,27-41)28-44(35)25-36-21-37(32-14-12-29(26-45)13-15-32)50-40(49-36)33-18-16-31(17-19-33)34-9-7-8-30(20-34)24-43-38(46)10-5-4-6-11-39(47)48/h7-9,12-20,35-37,40,45H,4-6,10-11,21-28H2,1-3H3,(H,43,46)(H,47,48). The van der Waals surface area contributed by atoms with Crippen LogP contribution in [0.25, 0.3) is 11.1 Å². The van der Waals surface area contributed by atoms with Crippen LogP contribution in [0.2, 0.25) is 0 Å². The molecule has 268 valence electrons. The fraction of sp³-hybridized carbons (Fsp3) is 0.524. The number of unbranched alkanes of at least 4 members (excludes halogenated alkanes) is 2. The zero-order valence-corrected chi connectivity index (χ0v) is 29.9. The molecular formula is C42H54N2O6. The van der Waals surface area contributed by atoms with Gasteiger partial charge in [-0.3, -0.25) is 14.5 Å². The van der Waals surface area contributed by atoms with E-state index in [2.05, 4.69) is 79.5 Å². The van der Waals surface area contributed by atoms with Crippen LogP contribution in [0.4, 0.5) is 0 Å². The zero-order valence-electron chi connectivity index (χ0n) is 29.9. The van der Waals surface area contributed by atoms with Crippen molar-refractivity contribution in [3.8, 4) is 11.1 Å². The van der Waals surface area contributed by atoms with Crippen LogP contribution in [0.5, 0.6) is 0 Å². The van der Waals surface area contributed by atoms with E-state index in [1.807, 2.05) is 24.3 Å². The fourth-order valence-corrected chi connectivity index (χ4v) is 8.81. The molecule has 8 nitrogen and oxygen atoms in total. The minimum Gasteiger partial charge on any atom is -0.481 e. The third-order valence-corrected chi connectivity index (χ3v) is 10.8. The molecule has 1 amide bonds. The van der Waals surface area contributed by atoms with Gasteiger partial charge < -0.3 is 25.0 Å². The normalized spacial score (nSPS) is 26.1. The Balaban J connectivity index is 1.11. The Kier molecular flexibility index (Phi) is 11.4. The van der Waals surface area contributed by atoms with E-state index >= 15 is 0 Å². The summed E-state index contributed by atoms with van der Waals surface area (Å²) in [6, 6.07) is 25.3. The Morgan fingerprint density at radius 1 is 0.860 bits per heavy atom. The number of nitrogens with one attached hydrogen (secondary N) is 1. The smallest absolute Gasteiger partial charge is 0.303 e. The molecule has 0 spiro atoms. The maximum atomic E-state index is 12.3. The van der Waals surface area contributed by atoms with E-state index in [9.17, 15) is 14.7 Å². The van der Waals surface area contributed by atoms with E-state index in [1.54, 1.807) is 0 Å². The summed E-state index contributed by atoms with van der Waals surface area (Å²) in [5.74, 6) is -0.814. The molecule has 0 aromatic heterocycles. The molecule has 3 aromatic rings. The third-order valence-electron chi connectivity index (χ3n) is 10.8. The summed E-state index contributed by atoms with van der Waals surface area (Å²) in [5.41, 5.74) is 6.86. The number of rotatable bonds is 14. The van der Waals surface area contributed by atoms with Crippen LogP contribution in [-0.4, -0.2) is 52.2 Å². The van der Waals surface area contributed by atoms with Crippen molar-refractivity contribution in [3.05, 3.63) is 95.1 Å². The van der Waals surface area contributed by atoms with Crippen LogP contribution in [0.1, 0.15) is 113 Å². The SMILES string of the molecule is CC1(C)CC2CC(C)(CN2CC2CC(c3ccc(CO)cc3)OC(c3ccc(-c4cccc(CNC(=O)CCCCCC(=O)O)c4)cc3)O2)C1. The molecule has 3 N–H and O–H groups in total. The lowest BCUT2D eigenvalue weighted by atomic mass is 9.65. The number of aliphatic carboxylic acids is 1. The predicted octanol–water partition coefficient (Wildman–Crippen LogP) is 7.94. The minimum atomic E-state index is -0.795. The van der Waals surface area contributed by atoms with Gasteiger partial charge in [0.1, 0.15) is 0 Å². The van der Waals surface area contributed by atoms with E-state index in [0.29, 0.717) is 42.7 Å². The molecule has 1 saturated carbocycles. The molecule has 5 atom stereocenters. The second-order valence-electron chi connectivity index (χ2n) is 16.0. The van der Waals surface area contributed by atoms with E-state index in [1.165, 1.54) is 19.3 Å². The van der Waals surface area contributed by atoms with Gasteiger partial charge in [0.05, 0.1) is 18.8 Å². The van der Waals surface area contributed by atoms with Gasteiger partial charge in [-0.15, -0.1) is 0 Å². The molecule has 2 heterocycles. The van der Waals surface area contributed by atoms with Crippen molar-refractivity contribution >= 4 is 11.9 Å². The lowest BCUT2D eigenvalue weighted by Gasteiger charge is -2.41. The summed E-state index contributed by atoms with van der Waals surface area (Å²) >= 11 is 0. The van der Waals surface area contributed by atoms with Gasteiger partial charge >= 0.3 is 5.97 Å². The molecule has 1 aliphatic carbocycles. The Hall–Kier alpha value is -3.56. The minimum absolute atomic E-state index is 0.0191. The highest BCUT2D eigenvalue weighted by Crippen LogP contribution is 2.53. The zero-order chi connectivity index (χ0) is 35.3. The topological polar surface area (TPSA) is 108 Å². The van der Waals surface area contributed by atoms with Crippen LogP contribution >= 0.6 is 0 Å². The van der Waals surface area contributed by atoms with Crippen molar-refractivity contribution in [2.24, 2.45) is 10.8 Å². The van der Waals surface area contributed by atoms with Crippen LogP contribution < -0.4 is 5.32 Å². The Morgan fingerprint density at radius 3 is 2.34 bits per heavy atom. The summed E-state index contributed by atoms with van der Waals surface area (Å²) in [6.45, 7) is 9.78. The van der Waals surface area contributed by atoms with E-state index < -0.39 is 12.3 Å². The molecule has 3 fully saturated rings. The number of nitrogens with zero attached hydrogens (tertiary/aromatic N) is 1. The van der Waals surface area contributed by atoms with E-state index in [4.69, 9.17) is 14.6 Å². The number of ether oxygens (including phenoxy) is 2. The molecule has 50 heavy (non-hydrogen) atoms. The molecular weight excluding hydrogens is 628 g/mol. The van der Waals surface area contributed by atoms with Crippen molar-refractivity contribution in [1.29, 1.82) is 0 Å². The van der Waals surface area contributed by atoms with Crippen LogP contribution in [-0.2, 0) is 32.2 Å². The Labute approximate surface area is 297 Å². The van der Waals surface area contributed by atoms with Gasteiger partial charge in [-0.2, -0.15) is 0 Å². The summed E-state index contributed by atoms with van der Waals surface area (Å²) in [7, 11) is 0. The first kappa shape index (κ1) is 36.2. The Morgan fingerprint density at radius 2 is 1.60 bits per heavy atom. The van der Waals surface area contributed by atoms with Gasteiger partial charge in [-0.25, -0.2) is 0 Å². The number of aliphatic hydroxyl groups excluding tert-OH is 1. The number of aliphatic hydroxyl groups is 1. The number of carboxylic acid groups (broad SMARTS) is 1. The number of hydrogen-bond donors (Lipinski definition) is 3. The van der Waals surface area contributed by atoms with E-state index in [0.717, 1.165) is 59.3 Å². The molecule has 5 unspecified atom stereocenters. The second kappa shape index (κ2) is 15.8. The van der Waals surface area contributed by atoms with Crippen molar-refractivity contribution in [1.82, 2.24) is 10.2 Å². The lowest BCUT2D eigenvalue weighted by molar-refractivity contribution is -0.253. The van der Waals surface area contributed by atoms with Crippen LogP contribution in [0.3, 0.4) is 0 Å². The van der Waals surface area contributed by atoms with Gasteiger partial charge in [0.25, 0.3) is 0 Å². The quantitative estimate of drug-likeness (QED) is 0.148. The first-order chi connectivity index (χ1) is 24.0. The number of hydrogen-bond acceptors (Lipinski definition) is 6. The third kappa shape index (κ3) is 9.40. The van der Waals surface area contributed by atoms with E-state index in [-0.39, 0.29) is 31.1 Å². The second-order valence-corrected chi connectivity index (χ2v) is 16.0. The van der Waals surface area contributed by atoms with Crippen molar-refractivity contribution in [3.63, 3.8) is 0 Å². The van der Waals surface area contributed by atoms with Gasteiger partial charge in [0.2, 0.25) is 5.91 Å². The first-order valence-electron chi connectivity index (χ1n) is 18.4. The molecule has 3 aromatic carbocycles. The van der Waals surface area contributed by atoms with Gasteiger partial charge in [0, 0.05) is 50.5 Å². The first-order valence-corrected chi connectivity index (χ1v) is 18.4. The molecule has 3 aliphatic rings. The van der Waals surface area contributed by atoms with Gasteiger partial charge in [0.15, 0.2) is 6.29 Å². The summed E-state index contributed by atoms with van der Waals surface area (Å²) in [6.07, 6.45) is 6.53. The molecule has 2 aliphatic heterocycles. The fourth-order valence-electron chi connectivity index (χ4n) is 8.81. The average molecular weight is 683 g/mol. The molecule has 8 heteroatoms. The predicted molar refractivity (Wildman–Crippen MR) is 194 cm³/mol. The number of carbonyl (C=O) groups excluding carboxylic acids is 1. The van der Waals surface area contributed by atoms with Crippen LogP contribution in [0, 0.1) is 10.8 Å². The number of amides is 1. The van der Waals surface area contributed by atoms with Crippen molar-refractivity contribution < 1.29 is 29.3 Å². The highest BCUT2D eigenvalue weighted by molar-refractivity contribution is 5.76. The summed E-state index contributed by atoms with van der Waals surface area (Å²) in [4.78, 5) is 25.7. The molecule has 6 rings (SSSR count). The highest BCUT2D eigenvalue weighted by Gasteiger charge is 2.50. The maximum absolute atomic E-state index is 12.3. The Bertz CT molecular complexity index is 1610. The van der Waals surface area contributed by atoms with Gasteiger partial charge in [-0.1, -0.05) is 93.9 Å². The summed E-state index contributed by atoms with van der Waals surface area (Å²) < 4.78 is 13.4. The molecule has 2 saturated heterocycles. The van der Waals surface area contributed by atoms with Crippen molar-refractivity contribution in [2.75, 3.05) is 13.1 Å². The largest absolute Gasteiger partial charge is 0.481 e. The van der Waals surface area contributed by atoms with Crippen molar-refractivity contribution in [2.45, 2.75) is 116 Å². The number of benzene rings is 3. The number of likely N-dealkylation sites (tertiary alicyclic amines) is 1. The molecule has 0 radical (unpaired) electrons. The monoisotopic (exact) mass is 682 g/mol. The number of fused-ring (bicyclic) bond motifs is 2. The summed E-state index contributed by atoms with van der Waals surface area (Å²) in [5, 5.41) is 21.4. The average Bonchev–Trinajstić information content (AvgIpc) is 3.33. The van der Waals surface area contributed by atoms with Crippen LogP contribution in [0.15, 0.2) is 72.8 Å². The number of carbonyl (C=O) groups is 2. The highest BCUT2D eigenvalue weighted by atomic mass is 16.7. The number of carboxylic acids is 1. The maximum Gasteiger partial charge on any atom is 0.303 e. The molecule has 2 bridgehead atoms. The van der Waals surface area contributed by atoms with Gasteiger partial charge in [-0.05, 0) is 76.8 Å². The lowest BCUT2D eigenvalue weighted by Crippen LogP contribution is -2.42.